The Morgan fingerprint density at radius 2 is 1.36 bits per heavy atom. The molecule has 0 bridgehead atoms. The molecule has 2 aromatic carbocycles. The second-order valence-electron chi connectivity index (χ2n) is 4.34. The van der Waals surface area contributed by atoms with Gasteiger partial charge in [-0.15, -0.1) is 0 Å². The molecule has 0 aliphatic rings. The number of amides is 1. The highest BCUT2D eigenvalue weighted by Gasteiger charge is 2.07. The molecule has 0 saturated carbocycles. The Morgan fingerprint density at radius 3 is 1.82 bits per heavy atom. The Morgan fingerprint density at radius 1 is 0.864 bits per heavy atom. The molecule has 0 aliphatic heterocycles. The number of carbonyl (C=O) groups excluding carboxylic acids is 1. The Labute approximate surface area is 127 Å². The number of carboxylic acids is 1. The molecule has 5 nitrogen and oxygen atoms in total. The van der Waals surface area contributed by atoms with Crippen molar-refractivity contribution in [2.24, 2.45) is 5.10 Å². The Kier molecular flexibility index (Phi) is 5.20. The first kappa shape index (κ1) is 15.2. The number of nitrogens with one attached hydrogen (secondary N) is 1. The van der Waals surface area contributed by atoms with Gasteiger partial charge in [-0.3, -0.25) is 4.79 Å². The van der Waals surface area contributed by atoms with Crippen molar-refractivity contribution < 1.29 is 14.7 Å². The average molecular weight is 294 g/mol. The smallest absolute Gasteiger partial charge is 0.328 e. The largest absolute Gasteiger partial charge is 0.478 e. The summed E-state index contributed by atoms with van der Waals surface area (Å²) in [7, 11) is 0. The zero-order valence-electron chi connectivity index (χ0n) is 11.6. The SMILES string of the molecule is O=C(O)/C=C\C(=O)NN=C(c1ccccc1)c1ccccc1. The van der Waals surface area contributed by atoms with Gasteiger partial charge in [0, 0.05) is 23.3 Å². The molecule has 0 fully saturated rings. The van der Waals surface area contributed by atoms with E-state index in [9.17, 15) is 9.59 Å². The fourth-order valence-corrected chi connectivity index (χ4v) is 1.78. The zero-order valence-corrected chi connectivity index (χ0v) is 11.6. The standard InChI is InChI=1S/C17H14N2O3/c20-15(11-12-16(21)22)18-19-17(13-7-3-1-4-8-13)14-9-5-2-6-10-14/h1-12H,(H,18,20)(H,21,22)/b12-11-. The van der Waals surface area contributed by atoms with Crippen LogP contribution < -0.4 is 5.43 Å². The first-order valence-electron chi connectivity index (χ1n) is 6.56. The predicted octanol–water partition coefficient (Wildman–Crippen LogP) is 2.20. The maximum Gasteiger partial charge on any atom is 0.328 e. The lowest BCUT2D eigenvalue weighted by Crippen LogP contribution is -2.18. The number of hydrogen-bond acceptors (Lipinski definition) is 3. The van der Waals surface area contributed by atoms with Gasteiger partial charge in [0.1, 0.15) is 0 Å². The Balaban J connectivity index is 2.28. The molecule has 2 N–H and O–H groups in total. The van der Waals surface area contributed by atoms with E-state index in [0.717, 1.165) is 23.3 Å². The van der Waals surface area contributed by atoms with E-state index in [-0.39, 0.29) is 0 Å². The molecule has 110 valence electrons. The highest BCUT2D eigenvalue weighted by atomic mass is 16.4. The first-order valence-corrected chi connectivity index (χ1v) is 6.56. The van der Waals surface area contributed by atoms with Crippen LogP contribution >= 0.6 is 0 Å². The van der Waals surface area contributed by atoms with Crippen LogP contribution in [0.2, 0.25) is 0 Å². The van der Waals surface area contributed by atoms with Crippen LogP contribution in [0.4, 0.5) is 0 Å². The van der Waals surface area contributed by atoms with Crippen molar-refractivity contribution in [2.75, 3.05) is 0 Å². The van der Waals surface area contributed by atoms with Crippen LogP contribution in [0.25, 0.3) is 0 Å². The molecular weight excluding hydrogens is 280 g/mol. The van der Waals surface area contributed by atoms with Crippen LogP contribution in [0.3, 0.4) is 0 Å². The highest BCUT2D eigenvalue weighted by Crippen LogP contribution is 2.10. The Hall–Kier alpha value is -3.21. The van der Waals surface area contributed by atoms with E-state index in [1.54, 1.807) is 0 Å². The maximum absolute atomic E-state index is 11.5. The number of nitrogens with zero attached hydrogens (tertiary/aromatic N) is 1. The molecule has 0 unspecified atom stereocenters. The summed E-state index contributed by atoms with van der Waals surface area (Å²) >= 11 is 0. The third kappa shape index (κ3) is 4.42. The highest BCUT2D eigenvalue weighted by molar-refractivity contribution is 6.13. The third-order valence-electron chi connectivity index (χ3n) is 2.75. The van der Waals surface area contributed by atoms with Gasteiger partial charge < -0.3 is 5.11 Å². The number of aliphatic carboxylic acids is 1. The third-order valence-corrected chi connectivity index (χ3v) is 2.75. The van der Waals surface area contributed by atoms with E-state index in [0.29, 0.717) is 5.71 Å². The van der Waals surface area contributed by atoms with Crippen molar-refractivity contribution in [3.8, 4) is 0 Å². The summed E-state index contributed by atoms with van der Waals surface area (Å²) in [4.78, 5) is 21.9. The number of carboxylic acid groups (broad SMARTS) is 1. The first-order chi connectivity index (χ1) is 10.7. The number of carbonyl (C=O) groups is 2. The fraction of sp³-hybridized carbons (Fsp3) is 0. The number of hydrazone groups is 1. The summed E-state index contributed by atoms with van der Waals surface area (Å²) in [5, 5.41) is 12.6. The van der Waals surface area contributed by atoms with Crippen LogP contribution in [0.15, 0.2) is 77.9 Å². The monoisotopic (exact) mass is 294 g/mol. The van der Waals surface area contributed by atoms with E-state index in [1.807, 2.05) is 60.7 Å². The molecule has 22 heavy (non-hydrogen) atoms. The number of rotatable bonds is 5. The maximum atomic E-state index is 11.5. The molecule has 0 spiro atoms. The summed E-state index contributed by atoms with van der Waals surface area (Å²) < 4.78 is 0. The lowest BCUT2D eigenvalue weighted by Gasteiger charge is -2.07. The van der Waals surface area contributed by atoms with Gasteiger partial charge in [-0.1, -0.05) is 60.7 Å². The summed E-state index contributed by atoms with van der Waals surface area (Å²) in [6, 6.07) is 18.8. The van der Waals surface area contributed by atoms with Crippen molar-refractivity contribution >= 4 is 17.6 Å². The van der Waals surface area contributed by atoms with Gasteiger partial charge in [-0.05, 0) is 0 Å². The minimum atomic E-state index is -1.19. The molecule has 5 heteroatoms. The normalized spacial score (nSPS) is 10.2. The van der Waals surface area contributed by atoms with Crippen molar-refractivity contribution in [2.45, 2.75) is 0 Å². The van der Waals surface area contributed by atoms with Crippen molar-refractivity contribution in [3.05, 3.63) is 83.9 Å². The van der Waals surface area contributed by atoms with Crippen LogP contribution in [0.5, 0.6) is 0 Å². The lowest BCUT2D eigenvalue weighted by molar-refractivity contribution is -0.131. The summed E-state index contributed by atoms with van der Waals surface area (Å²) in [5.74, 6) is -1.79. The topological polar surface area (TPSA) is 78.8 Å². The summed E-state index contributed by atoms with van der Waals surface area (Å²) in [5.41, 5.74) is 4.62. The van der Waals surface area contributed by atoms with Crippen molar-refractivity contribution in [1.82, 2.24) is 5.43 Å². The Bertz CT molecular complexity index is 666. The average Bonchev–Trinajstić information content (AvgIpc) is 2.55. The summed E-state index contributed by atoms with van der Waals surface area (Å²) in [6.07, 6.45) is 1.68. The van der Waals surface area contributed by atoms with Gasteiger partial charge >= 0.3 is 5.97 Å². The van der Waals surface area contributed by atoms with Crippen LogP contribution in [-0.4, -0.2) is 22.7 Å². The second kappa shape index (κ2) is 7.54. The molecule has 0 radical (unpaired) electrons. The van der Waals surface area contributed by atoms with Gasteiger partial charge in [0.2, 0.25) is 0 Å². The van der Waals surface area contributed by atoms with E-state index in [4.69, 9.17) is 5.11 Å². The van der Waals surface area contributed by atoms with E-state index in [1.165, 1.54) is 0 Å². The van der Waals surface area contributed by atoms with Crippen LogP contribution in [0, 0.1) is 0 Å². The van der Waals surface area contributed by atoms with Gasteiger partial charge in [0.05, 0.1) is 5.71 Å². The van der Waals surface area contributed by atoms with E-state index >= 15 is 0 Å². The lowest BCUT2D eigenvalue weighted by atomic mass is 10.0. The van der Waals surface area contributed by atoms with Gasteiger partial charge in [0.25, 0.3) is 5.91 Å². The number of hydrogen-bond donors (Lipinski definition) is 2. The van der Waals surface area contributed by atoms with Crippen LogP contribution in [-0.2, 0) is 9.59 Å². The zero-order chi connectivity index (χ0) is 15.8. The molecule has 0 atom stereocenters. The van der Waals surface area contributed by atoms with Crippen molar-refractivity contribution in [1.29, 1.82) is 0 Å². The molecule has 0 aromatic heterocycles. The minimum Gasteiger partial charge on any atom is -0.478 e. The second-order valence-corrected chi connectivity index (χ2v) is 4.34. The van der Waals surface area contributed by atoms with Gasteiger partial charge in [-0.2, -0.15) is 5.10 Å². The minimum absolute atomic E-state index is 0.596. The molecule has 0 aliphatic carbocycles. The van der Waals surface area contributed by atoms with Gasteiger partial charge in [-0.25, -0.2) is 10.2 Å². The fourth-order valence-electron chi connectivity index (χ4n) is 1.78. The molecule has 2 rings (SSSR count). The van der Waals surface area contributed by atoms with Crippen molar-refractivity contribution in [3.63, 3.8) is 0 Å². The predicted molar refractivity (Wildman–Crippen MR) is 83.4 cm³/mol. The van der Waals surface area contributed by atoms with E-state index < -0.39 is 11.9 Å². The quantitative estimate of drug-likeness (QED) is 0.504. The summed E-state index contributed by atoms with van der Waals surface area (Å²) in [6.45, 7) is 0. The van der Waals surface area contributed by atoms with Gasteiger partial charge in [0.15, 0.2) is 0 Å². The van der Waals surface area contributed by atoms with E-state index in [2.05, 4.69) is 10.5 Å². The van der Waals surface area contributed by atoms with Crippen LogP contribution in [0.1, 0.15) is 11.1 Å². The molecule has 1 amide bonds. The molecule has 2 aromatic rings. The molecule has 0 saturated heterocycles. The molecule has 0 heterocycles. The molecular formula is C17H14N2O3. The number of benzene rings is 2.